The highest BCUT2D eigenvalue weighted by atomic mass is 19.1. The van der Waals surface area contributed by atoms with Gasteiger partial charge in [0.25, 0.3) is 5.91 Å². The summed E-state index contributed by atoms with van der Waals surface area (Å²) in [5.74, 6) is -0.602. The number of amides is 2. The monoisotopic (exact) mass is 380 g/mol. The van der Waals surface area contributed by atoms with Gasteiger partial charge in [-0.15, -0.1) is 0 Å². The molecule has 2 aromatic carbocycles. The van der Waals surface area contributed by atoms with Crippen LogP contribution in [0, 0.1) is 5.82 Å². The van der Waals surface area contributed by atoms with E-state index in [0.29, 0.717) is 22.9 Å². The van der Waals surface area contributed by atoms with Gasteiger partial charge in [-0.1, -0.05) is 24.3 Å². The third-order valence-corrected chi connectivity index (χ3v) is 4.53. The fourth-order valence-electron chi connectivity index (χ4n) is 3.29. The van der Waals surface area contributed by atoms with E-state index in [0.717, 1.165) is 5.56 Å². The minimum Gasteiger partial charge on any atom is -0.484 e. The molecule has 3 N–H and O–H groups in total. The van der Waals surface area contributed by atoms with Crippen molar-refractivity contribution in [1.29, 1.82) is 0 Å². The zero-order valence-corrected chi connectivity index (χ0v) is 14.8. The third-order valence-electron chi connectivity index (χ3n) is 4.53. The van der Waals surface area contributed by atoms with Crippen molar-refractivity contribution in [3.05, 3.63) is 71.9 Å². The van der Waals surface area contributed by atoms with Crippen molar-refractivity contribution >= 4 is 17.6 Å². The number of carbonyl (C=O) groups excluding carboxylic acids is 2. The summed E-state index contributed by atoms with van der Waals surface area (Å²) in [5.41, 5.74) is 6.85. The summed E-state index contributed by atoms with van der Waals surface area (Å²) < 4.78 is 21.1. The number of fused-ring (bicyclic) bond motifs is 1. The van der Waals surface area contributed by atoms with Crippen molar-refractivity contribution in [1.82, 2.24) is 9.55 Å². The predicted octanol–water partition coefficient (Wildman–Crippen LogP) is 2.35. The zero-order valence-electron chi connectivity index (χ0n) is 14.8. The Labute approximate surface area is 159 Å². The number of imidazole rings is 1. The van der Waals surface area contributed by atoms with Crippen molar-refractivity contribution in [2.24, 2.45) is 5.73 Å². The van der Waals surface area contributed by atoms with E-state index in [1.54, 1.807) is 36.4 Å². The predicted molar refractivity (Wildman–Crippen MR) is 99.7 cm³/mol. The van der Waals surface area contributed by atoms with Gasteiger partial charge < -0.3 is 15.8 Å². The van der Waals surface area contributed by atoms with Crippen LogP contribution in [0.1, 0.15) is 23.6 Å². The number of benzene rings is 2. The summed E-state index contributed by atoms with van der Waals surface area (Å²) in [6.45, 7) is -0.234. The summed E-state index contributed by atoms with van der Waals surface area (Å²) in [4.78, 5) is 27.7. The number of hydrogen-bond acceptors (Lipinski definition) is 4. The topological polar surface area (TPSA) is 99.2 Å². The van der Waals surface area contributed by atoms with E-state index in [9.17, 15) is 14.0 Å². The number of nitrogens with zero attached hydrogens (tertiary/aromatic N) is 2. The molecule has 1 aromatic heterocycles. The first kappa shape index (κ1) is 17.7. The molecule has 0 radical (unpaired) electrons. The molecular weight excluding hydrogens is 363 g/mol. The van der Waals surface area contributed by atoms with Gasteiger partial charge in [-0.2, -0.15) is 0 Å². The number of rotatable bonds is 5. The number of carbonyl (C=O) groups is 2. The SMILES string of the molecule is NC(=O)COc1cccc([C@@H]2CC(=O)Nc3c2ncn3-c2ccccc2F)c1. The van der Waals surface area contributed by atoms with Crippen LogP contribution in [0.25, 0.3) is 5.69 Å². The fraction of sp³-hybridized carbons (Fsp3) is 0.150. The Kier molecular flexibility index (Phi) is 4.52. The van der Waals surface area contributed by atoms with Gasteiger partial charge in [0.15, 0.2) is 6.61 Å². The maximum absolute atomic E-state index is 14.2. The molecule has 3 aromatic rings. The fourth-order valence-corrected chi connectivity index (χ4v) is 3.29. The van der Waals surface area contributed by atoms with Gasteiger partial charge in [-0.3, -0.25) is 14.2 Å². The van der Waals surface area contributed by atoms with Crippen LogP contribution in [-0.2, 0) is 9.59 Å². The Hall–Kier alpha value is -3.68. The molecule has 0 spiro atoms. The molecule has 1 aliphatic heterocycles. The summed E-state index contributed by atoms with van der Waals surface area (Å²) in [6.07, 6.45) is 1.69. The van der Waals surface area contributed by atoms with Crippen LogP contribution in [0.15, 0.2) is 54.9 Å². The molecule has 2 heterocycles. The van der Waals surface area contributed by atoms with E-state index in [-0.39, 0.29) is 24.9 Å². The number of para-hydroxylation sites is 1. The van der Waals surface area contributed by atoms with Crippen LogP contribution in [0.5, 0.6) is 5.75 Å². The second-order valence-corrected chi connectivity index (χ2v) is 6.43. The zero-order chi connectivity index (χ0) is 19.7. The largest absolute Gasteiger partial charge is 0.484 e. The van der Waals surface area contributed by atoms with E-state index in [1.807, 2.05) is 6.07 Å². The minimum atomic E-state index is -0.576. The first-order valence-corrected chi connectivity index (χ1v) is 8.66. The summed E-state index contributed by atoms with van der Waals surface area (Å²) in [7, 11) is 0. The summed E-state index contributed by atoms with van der Waals surface area (Å²) in [5, 5.41) is 2.79. The number of hydrogen-bond donors (Lipinski definition) is 2. The molecule has 0 bridgehead atoms. The van der Waals surface area contributed by atoms with Gasteiger partial charge in [0.1, 0.15) is 23.7 Å². The van der Waals surface area contributed by atoms with E-state index >= 15 is 0 Å². The van der Waals surface area contributed by atoms with Crippen LogP contribution in [0.3, 0.4) is 0 Å². The van der Waals surface area contributed by atoms with E-state index in [1.165, 1.54) is 17.0 Å². The number of primary amides is 1. The molecule has 142 valence electrons. The van der Waals surface area contributed by atoms with Crippen LogP contribution in [0.2, 0.25) is 0 Å². The maximum atomic E-state index is 14.2. The lowest BCUT2D eigenvalue weighted by molar-refractivity contribution is -0.120. The first-order chi connectivity index (χ1) is 13.5. The highest BCUT2D eigenvalue weighted by Gasteiger charge is 2.31. The van der Waals surface area contributed by atoms with Gasteiger partial charge in [-0.05, 0) is 29.8 Å². The molecule has 4 rings (SSSR count). The summed E-state index contributed by atoms with van der Waals surface area (Å²) >= 11 is 0. The second kappa shape index (κ2) is 7.15. The van der Waals surface area contributed by atoms with Crippen molar-refractivity contribution in [2.45, 2.75) is 12.3 Å². The highest BCUT2D eigenvalue weighted by molar-refractivity contribution is 5.94. The molecular formula is C20H17FN4O3. The van der Waals surface area contributed by atoms with E-state index in [2.05, 4.69) is 10.3 Å². The van der Waals surface area contributed by atoms with Crippen LogP contribution in [0.4, 0.5) is 10.2 Å². The molecule has 8 heteroatoms. The van der Waals surface area contributed by atoms with Crippen LogP contribution < -0.4 is 15.8 Å². The van der Waals surface area contributed by atoms with Gasteiger partial charge in [0.2, 0.25) is 5.91 Å². The number of ether oxygens (including phenoxy) is 1. The molecule has 2 amide bonds. The van der Waals surface area contributed by atoms with Gasteiger partial charge >= 0.3 is 0 Å². The molecule has 28 heavy (non-hydrogen) atoms. The minimum absolute atomic E-state index is 0.195. The van der Waals surface area contributed by atoms with Gasteiger partial charge in [0.05, 0.1) is 11.4 Å². The van der Waals surface area contributed by atoms with Crippen molar-refractivity contribution in [3.63, 3.8) is 0 Å². The second-order valence-electron chi connectivity index (χ2n) is 6.43. The lowest BCUT2D eigenvalue weighted by Gasteiger charge is -2.23. The molecule has 7 nitrogen and oxygen atoms in total. The lowest BCUT2D eigenvalue weighted by atomic mass is 9.89. The van der Waals surface area contributed by atoms with Gasteiger partial charge in [-0.25, -0.2) is 9.37 Å². The number of nitrogens with one attached hydrogen (secondary N) is 1. The Morgan fingerprint density at radius 3 is 2.89 bits per heavy atom. The molecule has 0 fully saturated rings. The highest BCUT2D eigenvalue weighted by Crippen LogP contribution is 2.38. The third kappa shape index (κ3) is 3.32. The lowest BCUT2D eigenvalue weighted by Crippen LogP contribution is -2.25. The average molecular weight is 380 g/mol. The van der Waals surface area contributed by atoms with E-state index < -0.39 is 11.7 Å². The van der Waals surface area contributed by atoms with Crippen LogP contribution in [-0.4, -0.2) is 28.0 Å². The Morgan fingerprint density at radius 1 is 1.29 bits per heavy atom. The first-order valence-electron chi connectivity index (χ1n) is 8.66. The number of anilines is 1. The van der Waals surface area contributed by atoms with Crippen molar-refractivity contribution < 1.29 is 18.7 Å². The molecule has 0 saturated heterocycles. The molecule has 0 aliphatic carbocycles. The maximum Gasteiger partial charge on any atom is 0.255 e. The van der Waals surface area contributed by atoms with Gasteiger partial charge in [0, 0.05) is 12.3 Å². The Balaban J connectivity index is 1.73. The molecule has 1 aliphatic rings. The molecule has 1 atom stereocenters. The van der Waals surface area contributed by atoms with Crippen molar-refractivity contribution in [3.8, 4) is 11.4 Å². The van der Waals surface area contributed by atoms with Crippen LogP contribution >= 0.6 is 0 Å². The standard InChI is InChI=1S/C20H17FN4O3/c21-15-6-1-2-7-16(15)25-11-23-19-14(9-18(27)24-20(19)25)12-4-3-5-13(8-12)28-10-17(22)26/h1-8,11,14H,9-10H2,(H2,22,26)(H,24,27)/t14-/m0/s1. The smallest absolute Gasteiger partial charge is 0.255 e. The quantitative estimate of drug-likeness (QED) is 0.710. The molecule has 0 unspecified atom stereocenters. The number of nitrogens with two attached hydrogens (primary N) is 1. The average Bonchev–Trinajstić information content (AvgIpc) is 3.10. The number of aromatic nitrogens is 2. The summed E-state index contributed by atoms with van der Waals surface area (Å²) in [6, 6.07) is 13.4. The number of halogens is 1. The molecule has 0 saturated carbocycles. The normalized spacial score (nSPS) is 15.6. The van der Waals surface area contributed by atoms with Crippen molar-refractivity contribution in [2.75, 3.05) is 11.9 Å². The Bertz CT molecular complexity index is 1060. The Morgan fingerprint density at radius 2 is 2.11 bits per heavy atom. The van der Waals surface area contributed by atoms with E-state index in [4.69, 9.17) is 10.5 Å².